The fourth-order valence-corrected chi connectivity index (χ4v) is 3.93. The number of rotatable bonds is 4. The number of hydrogen-bond donors (Lipinski definition) is 0. The molecule has 0 saturated heterocycles. The number of ether oxygens (including phenoxy) is 2. The molecule has 2 aromatic carbocycles. The van der Waals surface area contributed by atoms with E-state index in [-0.39, 0.29) is 24.7 Å². The van der Waals surface area contributed by atoms with E-state index in [0.717, 1.165) is 5.56 Å². The van der Waals surface area contributed by atoms with Gasteiger partial charge < -0.3 is 14.0 Å². The Balaban J connectivity index is 1.82. The number of aromatic nitrogens is 1. The zero-order valence-electron chi connectivity index (χ0n) is 14.7. The van der Waals surface area contributed by atoms with Gasteiger partial charge in [-0.1, -0.05) is 29.4 Å². The summed E-state index contributed by atoms with van der Waals surface area (Å²) in [6.45, 7) is 0.695. The quantitative estimate of drug-likeness (QED) is 0.235. The minimum absolute atomic E-state index is 0.0857. The van der Waals surface area contributed by atoms with E-state index in [1.54, 1.807) is 22.8 Å². The van der Waals surface area contributed by atoms with E-state index >= 15 is 0 Å². The lowest BCUT2D eigenvalue weighted by Crippen LogP contribution is -2.23. The second kappa shape index (κ2) is 6.14. The number of nitrogens with zero attached hydrogens (tertiary/aromatic N) is 4. The molecule has 0 spiro atoms. The highest BCUT2D eigenvalue weighted by Gasteiger charge is 2.33. The predicted molar refractivity (Wildman–Crippen MR) is 102 cm³/mol. The molecule has 3 aromatic rings. The Morgan fingerprint density at radius 3 is 2.54 bits per heavy atom. The summed E-state index contributed by atoms with van der Waals surface area (Å²) in [7, 11) is 0. The van der Waals surface area contributed by atoms with Crippen LogP contribution in [0.1, 0.15) is 22.3 Å². The molecule has 2 heterocycles. The molecule has 5 rings (SSSR count). The zero-order valence-corrected chi connectivity index (χ0v) is 14.7. The van der Waals surface area contributed by atoms with Crippen LogP contribution in [0.4, 0.5) is 0 Å². The van der Waals surface area contributed by atoms with Crippen molar-refractivity contribution in [2.45, 2.75) is 13.0 Å². The Morgan fingerprint density at radius 2 is 1.79 bits per heavy atom. The molecular weight excluding hydrogens is 360 g/mol. The van der Waals surface area contributed by atoms with Crippen molar-refractivity contribution in [3.63, 3.8) is 0 Å². The van der Waals surface area contributed by atoms with E-state index in [1.165, 1.54) is 0 Å². The maximum atomic E-state index is 13.3. The van der Waals surface area contributed by atoms with Gasteiger partial charge in [0, 0.05) is 34.5 Å². The summed E-state index contributed by atoms with van der Waals surface area (Å²) < 4.78 is 12.5. The van der Waals surface area contributed by atoms with Crippen LogP contribution in [0.25, 0.3) is 32.5 Å². The van der Waals surface area contributed by atoms with Crippen LogP contribution in [0.2, 0.25) is 0 Å². The highest BCUT2D eigenvalue weighted by molar-refractivity contribution is 6.26. The molecule has 0 bridgehead atoms. The number of hydrogen-bond acceptors (Lipinski definition) is 5. The van der Waals surface area contributed by atoms with Gasteiger partial charge >= 0.3 is 0 Å². The van der Waals surface area contributed by atoms with Gasteiger partial charge in [-0.05, 0) is 24.1 Å². The van der Waals surface area contributed by atoms with Crippen molar-refractivity contribution in [1.29, 1.82) is 0 Å². The summed E-state index contributed by atoms with van der Waals surface area (Å²) in [5.41, 5.74) is 10.7. The number of benzene rings is 2. The van der Waals surface area contributed by atoms with Gasteiger partial charge in [-0.25, -0.2) is 0 Å². The number of azide groups is 1. The first-order chi connectivity index (χ1) is 13.7. The highest BCUT2D eigenvalue weighted by atomic mass is 16.7. The van der Waals surface area contributed by atoms with Crippen LogP contribution in [0.3, 0.4) is 0 Å². The first kappa shape index (κ1) is 16.4. The Kier molecular flexibility index (Phi) is 3.60. The van der Waals surface area contributed by atoms with Gasteiger partial charge in [0.25, 0.3) is 5.56 Å². The second-order valence-corrected chi connectivity index (χ2v) is 6.61. The Hall–Kier alpha value is -3.77. The fourth-order valence-electron chi connectivity index (χ4n) is 3.93. The topological polar surface area (TPSA) is 106 Å². The van der Waals surface area contributed by atoms with Crippen LogP contribution in [-0.4, -0.2) is 23.7 Å². The monoisotopic (exact) mass is 374 g/mol. The minimum atomic E-state index is -0.211. The lowest BCUT2D eigenvalue weighted by molar-refractivity contribution is 0.104. The van der Waals surface area contributed by atoms with Gasteiger partial charge in [-0.3, -0.25) is 9.59 Å². The number of carbonyl (C=O) groups excluding carboxylic acids is 1. The fraction of sp³-hybridized carbons (Fsp3) is 0.200. The number of fused-ring (bicyclic) bond motifs is 6. The van der Waals surface area contributed by atoms with Crippen LogP contribution in [0.15, 0.2) is 46.3 Å². The van der Waals surface area contributed by atoms with Crippen LogP contribution >= 0.6 is 0 Å². The first-order valence-electron chi connectivity index (χ1n) is 8.86. The third kappa shape index (κ3) is 2.22. The maximum Gasteiger partial charge on any atom is 0.259 e. The molecule has 2 aliphatic rings. The Bertz CT molecular complexity index is 1270. The van der Waals surface area contributed by atoms with Gasteiger partial charge in [0.15, 0.2) is 17.3 Å². The van der Waals surface area contributed by atoms with Crippen LogP contribution in [0, 0.1) is 0 Å². The van der Waals surface area contributed by atoms with Crippen molar-refractivity contribution in [2.75, 3.05) is 13.3 Å². The van der Waals surface area contributed by atoms with E-state index < -0.39 is 0 Å². The number of pyridine rings is 1. The van der Waals surface area contributed by atoms with Crippen molar-refractivity contribution in [3.05, 3.63) is 68.3 Å². The largest absolute Gasteiger partial charge is 0.454 e. The molecule has 0 saturated carbocycles. The highest BCUT2D eigenvalue weighted by Crippen LogP contribution is 2.43. The van der Waals surface area contributed by atoms with Gasteiger partial charge in [0.1, 0.15) is 0 Å². The Labute approximate surface area is 158 Å². The molecule has 0 fully saturated rings. The molecule has 1 aliphatic carbocycles. The summed E-state index contributed by atoms with van der Waals surface area (Å²) in [6.07, 6.45) is 0.489. The number of ketones is 1. The third-order valence-electron chi connectivity index (χ3n) is 5.12. The molecule has 138 valence electrons. The van der Waals surface area contributed by atoms with Crippen molar-refractivity contribution in [2.24, 2.45) is 5.11 Å². The lowest BCUT2D eigenvalue weighted by Gasteiger charge is -2.15. The molecule has 0 N–H and O–H groups in total. The van der Waals surface area contributed by atoms with Crippen LogP contribution < -0.4 is 15.0 Å². The average Bonchev–Trinajstić information content (AvgIpc) is 3.29. The smallest absolute Gasteiger partial charge is 0.259 e. The molecular formula is C20H14N4O4. The van der Waals surface area contributed by atoms with E-state index in [0.29, 0.717) is 52.1 Å². The molecule has 1 aliphatic heterocycles. The van der Waals surface area contributed by atoms with Gasteiger partial charge in [-0.2, -0.15) is 0 Å². The number of carbonyl (C=O) groups is 1. The van der Waals surface area contributed by atoms with Crippen molar-refractivity contribution < 1.29 is 14.3 Å². The molecule has 0 unspecified atom stereocenters. The molecule has 8 nitrogen and oxygen atoms in total. The summed E-state index contributed by atoms with van der Waals surface area (Å²) in [4.78, 5) is 29.3. The van der Waals surface area contributed by atoms with E-state index in [4.69, 9.17) is 15.0 Å². The predicted octanol–water partition coefficient (Wildman–Crippen LogP) is 3.64. The third-order valence-corrected chi connectivity index (χ3v) is 5.12. The van der Waals surface area contributed by atoms with Crippen molar-refractivity contribution >= 4 is 16.6 Å². The first-order valence-corrected chi connectivity index (χ1v) is 8.86. The van der Waals surface area contributed by atoms with E-state index in [1.807, 2.05) is 18.2 Å². The maximum absolute atomic E-state index is 13.3. The van der Waals surface area contributed by atoms with Crippen molar-refractivity contribution in [1.82, 2.24) is 4.57 Å². The molecule has 28 heavy (non-hydrogen) atoms. The summed E-state index contributed by atoms with van der Waals surface area (Å²) in [5, 5.41) is 4.52. The van der Waals surface area contributed by atoms with Gasteiger partial charge in [0.05, 0.1) is 16.6 Å². The van der Waals surface area contributed by atoms with Crippen molar-refractivity contribution in [3.8, 4) is 22.8 Å². The summed E-state index contributed by atoms with van der Waals surface area (Å²) in [6, 6.07) is 10.6. The Morgan fingerprint density at radius 1 is 1.07 bits per heavy atom. The molecule has 1 aromatic heterocycles. The zero-order chi connectivity index (χ0) is 19.3. The second-order valence-electron chi connectivity index (χ2n) is 6.61. The minimum Gasteiger partial charge on any atom is -0.454 e. The normalized spacial score (nSPS) is 13.4. The SMILES string of the molecule is [N-]=[N+]=NCCCn1c2c(c3cc4c(cc3c1=O)OCO4)C(=O)c1ccccc1-2. The van der Waals surface area contributed by atoms with Gasteiger partial charge in [0.2, 0.25) is 6.79 Å². The van der Waals surface area contributed by atoms with Crippen LogP contribution in [-0.2, 0) is 6.54 Å². The molecule has 0 radical (unpaired) electrons. The summed E-state index contributed by atoms with van der Waals surface area (Å²) in [5.74, 6) is 0.908. The van der Waals surface area contributed by atoms with E-state index in [9.17, 15) is 9.59 Å². The molecule has 8 heteroatoms. The molecule has 0 atom stereocenters. The average molecular weight is 374 g/mol. The van der Waals surface area contributed by atoms with E-state index in [2.05, 4.69) is 10.0 Å². The van der Waals surface area contributed by atoms with Crippen LogP contribution in [0.5, 0.6) is 11.5 Å². The lowest BCUT2D eigenvalue weighted by atomic mass is 10.0. The molecule has 0 amide bonds. The standard InChI is InChI=1S/C20H14N4O4/c21-23-22-6-3-7-24-18-11-4-1-2-5-12(11)19(25)17(18)13-8-15-16(28-10-27-15)9-14(13)20(24)26/h1-2,4-5,8-9H,3,6-7,10H2. The van der Waals surface area contributed by atoms with Gasteiger partial charge in [-0.15, -0.1) is 0 Å². The summed E-state index contributed by atoms with van der Waals surface area (Å²) >= 11 is 0.